The number of amides is 1. The Kier molecular flexibility index (Phi) is 3.73. The summed E-state index contributed by atoms with van der Waals surface area (Å²) in [7, 11) is 0. The molecular formula is C13H12BrNO2S. The average Bonchev–Trinajstić information content (AvgIpc) is 2.63. The monoisotopic (exact) mass is 325 g/mol. The predicted octanol–water partition coefficient (Wildman–Crippen LogP) is 4.09. The fraction of sp³-hybridized carbons (Fsp3) is 0.154. The molecule has 2 rings (SSSR count). The smallest absolute Gasteiger partial charge is 0.257 e. The van der Waals surface area contributed by atoms with Crippen molar-refractivity contribution in [3.63, 3.8) is 0 Å². The third-order valence-corrected chi connectivity index (χ3v) is 4.21. The molecule has 1 amide bonds. The highest BCUT2D eigenvalue weighted by Crippen LogP contribution is 2.30. The van der Waals surface area contributed by atoms with Gasteiger partial charge in [0.15, 0.2) is 0 Å². The van der Waals surface area contributed by atoms with Gasteiger partial charge in [0.1, 0.15) is 5.75 Å². The van der Waals surface area contributed by atoms with Crippen LogP contribution in [0.2, 0.25) is 0 Å². The van der Waals surface area contributed by atoms with Gasteiger partial charge in [-0.1, -0.05) is 6.07 Å². The Balaban J connectivity index is 2.26. The average molecular weight is 326 g/mol. The van der Waals surface area contributed by atoms with Crippen molar-refractivity contribution in [3.05, 3.63) is 44.1 Å². The van der Waals surface area contributed by atoms with Crippen LogP contribution in [0.1, 0.15) is 20.8 Å². The van der Waals surface area contributed by atoms with Gasteiger partial charge in [-0.25, -0.2) is 0 Å². The number of halogens is 1. The Hall–Kier alpha value is -1.33. The van der Waals surface area contributed by atoms with E-state index in [4.69, 9.17) is 0 Å². The minimum Gasteiger partial charge on any atom is -0.506 e. The summed E-state index contributed by atoms with van der Waals surface area (Å²) in [5.41, 5.74) is 1.98. The highest BCUT2D eigenvalue weighted by molar-refractivity contribution is 9.11. The van der Waals surface area contributed by atoms with E-state index in [1.54, 1.807) is 18.2 Å². The van der Waals surface area contributed by atoms with E-state index in [2.05, 4.69) is 21.2 Å². The summed E-state index contributed by atoms with van der Waals surface area (Å²) in [4.78, 5) is 13.1. The second kappa shape index (κ2) is 5.12. The SMILES string of the molecule is Cc1ccc(O)c(NC(=O)c2cc(C)sc2Br)c1. The lowest BCUT2D eigenvalue weighted by Gasteiger charge is -2.07. The van der Waals surface area contributed by atoms with Crippen LogP contribution in [0.5, 0.6) is 5.75 Å². The molecule has 0 saturated heterocycles. The van der Waals surface area contributed by atoms with E-state index in [-0.39, 0.29) is 11.7 Å². The second-order valence-electron chi connectivity index (χ2n) is 4.02. The van der Waals surface area contributed by atoms with E-state index in [0.29, 0.717) is 11.3 Å². The van der Waals surface area contributed by atoms with Gasteiger partial charge >= 0.3 is 0 Å². The molecular weight excluding hydrogens is 314 g/mol. The van der Waals surface area contributed by atoms with Crippen molar-refractivity contribution in [3.8, 4) is 5.75 Å². The van der Waals surface area contributed by atoms with Gasteiger partial charge in [0.05, 0.1) is 15.0 Å². The van der Waals surface area contributed by atoms with Crippen LogP contribution in [0, 0.1) is 13.8 Å². The number of hydrogen-bond donors (Lipinski definition) is 2. The topological polar surface area (TPSA) is 49.3 Å². The van der Waals surface area contributed by atoms with Gasteiger partial charge < -0.3 is 10.4 Å². The summed E-state index contributed by atoms with van der Waals surface area (Å²) in [6.07, 6.45) is 0. The summed E-state index contributed by atoms with van der Waals surface area (Å²) < 4.78 is 0.796. The lowest BCUT2D eigenvalue weighted by atomic mass is 10.2. The number of benzene rings is 1. The summed E-state index contributed by atoms with van der Waals surface area (Å²) in [5, 5.41) is 12.4. The van der Waals surface area contributed by atoms with Gasteiger partial charge in [-0.2, -0.15) is 0 Å². The van der Waals surface area contributed by atoms with Crippen molar-refractivity contribution in [1.82, 2.24) is 0 Å². The molecule has 18 heavy (non-hydrogen) atoms. The number of rotatable bonds is 2. The molecule has 5 heteroatoms. The molecule has 1 aromatic heterocycles. The van der Waals surface area contributed by atoms with Crippen molar-refractivity contribution < 1.29 is 9.90 Å². The van der Waals surface area contributed by atoms with Crippen LogP contribution >= 0.6 is 27.3 Å². The van der Waals surface area contributed by atoms with Crippen LogP contribution in [-0.4, -0.2) is 11.0 Å². The quantitative estimate of drug-likeness (QED) is 0.817. The lowest BCUT2D eigenvalue weighted by molar-refractivity contribution is 0.102. The van der Waals surface area contributed by atoms with Crippen molar-refractivity contribution in [1.29, 1.82) is 0 Å². The van der Waals surface area contributed by atoms with Gasteiger partial charge in [0.25, 0.3) is 5.91 Å². The number of aryl methyl sites for hydroxylation is 2. The maximum absolute atomic E-state index is 12.1. The summed E-state index contributed by atoms with van der Waals surface area (Å²) >= 11 is 4.87. The Morgan fingerprint density at radius 3 is 2.67 bits per heavy atom. The molecule has 0 radical (unpaired) electrons. The molecule has 3 nitrogen and oxygen atoms in total. The van der Waals surface area contributed by atoms with Gasteiger partial charge in [-0.3, -0.25) is 4.79 Å². The zero-order valence-electron chi connectivity index (χ0n) is 9.95. The first-order valence-electron chi connectivity index (χ1n) is 5.34. The van der Waals surface area contributed by atoms with Crippen LogP contribution in [0.25, 0.3) is 0 Å². The number of carbonyl (C=O) groups is 1. The molecule has 0 bridgehead atoms. The molecule has 0 spiro atoms. The van der Waals surface area contributed by atoms with E-state index >= 15 is 0 Å². The third kappa shape index (κ3) is 2.73. The van der Waals surface area contributed by atoms with Crippen LogP contribution in [0.3, 0.4) is 0 Å². The molecule has 2 N–H and O–H groups in total. The van der Waals surface area contributed by atoms with E-state index < -0.39 is 0 Å². The molecule has 0 atom stereocenters. The summed E-state index contributed by atoms with van der Waals surface area (Å²) in [5.74, 6) is -0.163. The predicted molar refractivity (Wildman–Crippen MR) is 77.6 cm³/mol. The highest BCUT2D eigenvalue weighted by atomic mass is 79.9. The summed E-state index contributed by atoms with van der Waals surface area (Å²) in [6, 6.07) is 6.91. The normalized spacial score (nSPS) is 10.4. The second-order valence-corrected chi connectivity index (χ2v) is 6.59. The van der Waals surface area contributed by atoms with Crippen LogP contribution in [0.4, 0.5) is 5.69 Å². The number of anilines is 1. The molecule has 94 valence electrons. The van der Waals surface area contributed by atoms with E-state index in [1.807, 2.05) is 19.9 Å². The molecule has 0 saturated carbocycles. The number of aromatic hydroxyl groups is 1. The Morgan fingerprint density at radius 2 is 2.06 bits per heavy atom. The number of nitrogens with one attached hydrogen (secondary N) is 1. The number of thiophene rings is 1. The molecule has 0 unspecified atom stereocenters. The van der Waals surface area contributed by atoms with Crippen LogP contribution < -0.4 is 5.32 Å². The number of phenols is 1. The molecule has 0 aliphatic carbocycles. The first kappa shape index (κ1) is 13.1. The van der Waals surface area contributed by atoms with E-state index in [1.165, 1.54) is 11.3 Å². The standard InChI is InChI=1S/C13H12BrNO2S/c1-7-3-4-11(16)10(5-7)15-13(17)9-6-8(2)18-12(9)14/h3-6,16H,1-2H3,(H,15,17). The largest absolute Gasteiger partial charge is 0.506 e. The van der Waals surface area contributed by atoms with Crippen LogP contribution in [-0.2, 0) is 0 Å². The maximum atomic E-state index is 12.1. The minimum absolute atomic E-state index is 0.0667. The summed E-state index contributed by atoms with van der Waals surface area (Å²) in [6.45, 7) is 3.84. The van der Waals surface area contributed by atoms with Crippen molar-refractivity contribution in [2.75, 3.05) is 5.32 Å². The molecule has 0 aliphatic heterocycles. The minimum atomic E-state index is -0.230. The fourth-order valence-corrected chi connectivity index (χ4v) is 3.36. The van der Waals surface area contributed by atoms with E-state index in [9.17, 15) is 9.90 Å². The van der Waals surface area contributed by atoms with Crippen molar-refractivity contribution in [2.45, 2.75) is 13.8 Å². The molecule has 2 aromatic rings. The molecule has 1 aromatic carbocycles. The van der Waals surface area contributed by atoms with E-state index in [0.717, 1.165) is 14.2 Å². The first-order chi connectivity index (χ1) is 8.47. The molecule has 0 fully saturated rings. The van der Waals surface area contributed by atoms with Gasteiger partial charge in [0, 0.05) is 4.88 Å². The Labute approximate surface area is 118 Å². The molecule has 1 heterocycles. The first-order valence-corrected chi connectivity index (χ1v) is 6.95. The third-order valence-electron chi connectivity index (χ3n) is 2.45. The van der Waals surface area contributed by atoms with Crippen molar-refractivity contribution >= 4 is 38.9 Å². The number of phenolic OH excluding ortho intramolecular Hbond substituents is 1. The Bertz CT molecular complexity index is 607. The number of hydrogen-bond acceptors (Lipinski definition) is 3. The van der Waals surface area contributed by atoms with Gasteiger partial charge in [0.2, 0.25) is 0 Å². The maximum Gasteiger partial charge on any atom is 0.257 e. The van der Waals surface area contributed by atoms with Gasteiger partial charge in [-0.15, -0.1) is 11.3 Å². The van der Waals surface area contributed by atoms with Gasteiger partial charge in [-0.05, 0) is 53.5 Å². The van der Waals surface area contributed by atoms with Crippen molar-refractivity contribution in [2.24, 2.45) is 0 Å². The fourth-order valence-electron chi connectivity index (χ4n) is 1.58. The highest BCUT2D eigenvalue weighted by Gasteiger charge is 2.14. The lowest BCUT2D eigenvalue weighted by Crippen LogP contribution is -2.11. The number of carbonyl (C=O) groups excluding carboxylic acids is 1. The Morgan fingerprint density at radius 1 is 1.33 bits per heavy atom. The zero-order chi connectivity index (χ0) is 13.3. The van der Waals surface area contributed by atoms with Crippen LogP contribution in [0.15, 0.2) is 28.1 Å². The zero-order valence-corrected chi connectivity index (χ0v) is 12.4. The molecule has 0 aliphatic rings.